The van der Waals surface area contributed by atoms with Crippen molar-refractivity contribution < 1.29 is 9.72 Å². The van der Waals surface area contributed by atoms with Crippen LogP contribution in [0.2, 0.25) is 0 Å². The molecule has 0 bridgehead atoms. The first-order valence-electron chi connectivity index (χ1n) is 12.6. The van der Waals surface area contributed by atoms with Crippen LogP contribution in [0.5, 0.6) is 0 Å². The number of hydrogen-bond acceptors (Lipinski definition) is 8. The second-order valence-corrected chi connectivity index (χ2v) is 12.0. The largest absolute Gasteiger partial charge is 0.372 e. The van der Waals surface area contributed by atoms with Gasteiger partial charge in [-0.15, -0.1) is 11.3 Å². The minimum atomic E-state index is -0.386. The molecule has 198 valence electrons. The number of hydrogen-bond donors (Lipinski definition) is 0. The molecule has 1 aromatic heterocycles. The van der Waals surface area contributed by atoms with E-state index in [2.05, 4.69) is 40.3 Å². The number of rotatable bonds is 8. The highest BCUT2D eigenvalue weighted by Crippen LogP contribution is 2.37. The number of thioether (sulfide) groups is 1. The van der Waals surface area contributed by atoms with Crippen LogP contribution in [0.15, 0.2) is 88.2 Å². The van der Waals surface area contributed by atoms with Crippen molar-refractivity contribution >= 4 is 62.4 Å². The van der Waals surface area contributed by atoms with Gasteiger partial charge in [0.1, 0.15) is 5.69 Å². The number of aliphatic imine (C=N–C) groups is 1. The summed E-state index contributed by atoms with van der Waals surface area (Å²) in [6.45, 7) is 0. The summed E-state index contributed by atoms with van der Waals surface area (Å²) >= 11 is 2.97. The molecule has 0 aliphatic heterocycles. The molecule has 0 saturated heterocycles. The van der Waals surface area contributed by atoms with Gasteiger partial charge in [-0.25, -0.2) is 4.98 Å². The standard InChI is InChI=1S/C31H24N4O3S2/c1-34(2)27-12-7-19(13-28(27)35(37)38)17-32-23-9-11-26-30(16-23)40-31(33-26)39-18-29(36)21-8-10-25-22(15-21)14-20-5-3-4-6-24(20)25/h3-13,15-17H,14,18H2,1-2H3. The molecule has 1 heterocycles. The van der Waals surface area contributed by atoms with E-state index in [1.54, 1.807) is 31.3 Å². The molecule has 9 heteroatoms. The van der Waals surface area contributed by atoms with Gasteiger partial charge in [-0.3, -0.25) is 19.9 Å². The third-order valence-corrected chi connectivity index (χ3v) is 9.00. The zero-order valence-corrected chi connectivity index (χ0v) is 23.5. The summed E-state index contributed by atoms with van der Waals surface area (Å²) in [6.07, 6.45) is 2.48. The van der Waals surface area contributed by atoms with Crippen molar-refractivity contribution in [3.63, 3.8) is 0 Å². The minimum absolute atomic E-state index is 0.0352. The molecule has 0 radical (unpaired) electrons. The summed E-state index contributed by atoms with van der Waals surface area (Å²) in [5, 5.41) is 11.5. The lowest BCUT2D eigenvalue weighted by Crippen LogP contribution is -2.11. The number of aromatic nitrogens is 1. The monoisotopic (exact) mass is 564 g/mol. The molecule has 0 fully saturated rings. The molecule has 7 nitrogen and oxygen atoms in total. The summed E-state index contributed by atoms with van der Waals surface area (Å²) in [6, 6.07) is 25.2. The van der Waals surface area contributed by atoms with Gasteiger partial charge in [0.15, 0.2) is 10.1 Å². The van der Waals surface area contributed by atoms with Gasteiger partial charge < -0.3 is 4.90 Å². The lowest BCUT2D eigenvalue weighted by molar-refractivity contribution is -0.384. The lowest BCUT2D eigenvalue weighted by Gasteiger charge is -2.12. The molecule has 40 heavy (non-hydrogen) atoms. The van der Waals surface area contributed by atoms with E-state index in [0.717, 1.165) is 32.2 Å². The van der Waals surface area contributed by atoms with Gasteiger partial charge in [-0.1, -0.05) is 54.2 Å². The molecule has 0 saturated carbocycles. The van der Waals surface area contributed by atoms with Gasteiger partial charge in [0, 0.05) is 31.9 Å². The Morgan fingerprint density at radius 1 is 1.05 bits per heavy atom. The smallest absolute Gasteiger partial charge is 0.293 e. The molecule has 0 unspecified atom stereocenters. The average molecular weight is 565 g/mol. The Morgan fingerprint density at radius 2 is 1.88 bits per heavy atom. The molecule has 1 aliphatic rings. The number of fused-ring (bicyclic) bond motifs is 4. The zero-order valence-electron chi connectivity index (χ0n) is 21.8. The van der Waals surface area contributed by atoms with Crippen LogP contribution in [0.3, 0.4) is 0 Å². The number of nitro benzene ring substituents is 1. The van der Waals surface area contributed by atoms with E-state index < -0.39 is 0 Å². The van der Waals surface area contributed by atoms with Gasteiger partial charge >= 0.3 is 0 Å². The van der Waals surface area contributed by atoms with Crippen LogP contribution in [0.1, 0.15) is 27.0 Å². The van der Waals surface area contributed by atoms with Gasteiger partial charge in [-0.05, 0) is 64.6 Å². The number of ketones is 1. The number of nitrogens with zero attached hydrogens (tertiary/aromatic N) is 4. The van der Waals surface area contributed by atoms with E-state index in [1.807, 2.05) is 36.4 Å². The van der Waals surface area contributed by atoms with E-state index in [9.17, 15) is 14.9 Å². The molecule has 0 amide bonds. The summed E-state index contributed by atoms with van der Waals surface area (Å²) in [4.78, 5) is 35.0. The fraction of sp³-hybridized carbons (Fsp3) is 0.129. The van der Waals surface area contributed by atoms with Crippen LogP contribution in [0.4, 0.5) is 17.1 Å². The van der Waals surface area contributed by atoms with Crippen molar-refractivity contribution in [3.8, 4) is 11.1 Å². The van der Waals surface area contributed by atoms with Crippen LogP contribution < -0.4 is 4.90 Å². The Morgan fingerprint density at radius 3 is 2.70 bits per heavy atom. The quantitative estimate of drug-likeness (QED) is 0.0623. The second kappa shape index (κ2) is 10.7. The van der Waals surface area contributed by atoms with E-state index in [4.69, 9.17) is 0 Å². The Balaban J connectivity index is 1.13. The number of Topliss-reactive ketones (excluding diaryl/α,β-unsaturated/α-hetero) is 1. The number of carbonyl (C=O) groups is 1. The van der Waals surface area contributed by atoms with Crippen LogP contribution in [-0.4, -0.2) is 41.8 Å². The molecule has 0 atom stereocenters. The van der Waals surface area contributed by atoms with Gasteiger partial charge in [-0.2, -0.15) is 0 Å². The van der Waals surface area contributed by atoms with Crippen molar-refractivity contribution in [1.82, 2.24) is 4.98 Å². The topological polar surface area (TPSA) is 88.7 Å². The SMILES string of the molecule is CN(C)c1ccc(C=Nc2ccc3nc(SCC(=O)c4ccc5c(c4)Cc4ccccc4-5)sc3c2)cc1[N+](=O)[O-]. The fourth-order valence-electron chi connectivity index (χ4n) is 4.86. The van der Waals surface area contributed by atoms with Crippen molar-refractivity contribution in [2.45, 2.75) is 10.8 Å². The number of carbonyl (C=O) groups excluding carboxylic acids is 1. The summed E-state index contributed by atoms with van der Waals surface area (Å²) < 4.78 is 1.79. The Labute approximate surface area is 239 Å². The van der Waals surface area contributed by atoms with Crippen molar-refractivity contribution in [3.05, 3.63) is 111 Å². The fourth-order valence-corrected chi connectivity index (χ4v) is 6.85. The Hall–Kier alpha value is -4.34. The summed E-state index contributed by atoms with van der Waals surface area (Å²) in [5.41, 5.74) is 8.50. The molecule has 5 aromatic rings. The highest BCUT2D eigenvalue weighted by molar-refractivity contribution is 8.01. The number of benzene rings is 4. The maximum atomic E-state index is 13.0. The molecule has 0 spiro atoms. The summed E-state index contributed by atoms with van der Waals surface area (Å²) in [5.74, 6) is 0.404. The lowest BCUT2D eigenvalue weighted by atomic mass is 10.0. The third kappa shape index (κ3) is 5.13. The number of nitro groups is 1. The van der Waals surface area contributed by atoms with Gasteiger partial charge in [0.05, 0.1) is 26.6 Å². The van der Waals surface area contributed by atoms with Gasteiger partial charge in [0.25, 0.3) is 5.69 Å². The molecule has 4 aromatic carbocycles. The maximum Gasteiger partial charge on any atom is 0.293 e. The Bertz CT molecular complexity index is 1830. The first-order valence-corrected chi connectivity index (χ1v) is 14.4. The van der Waals surface area contributed by atoms with Gasteiger partial charge in [0.2, 0.25) is 0 Å². The highest BCUT2D eigenvalue weighted by Gasteiger charge is 2.20. The maximum absolute atomic E-state index is 13.0. The van der Waals surface area contributed by atoms with Crippen molar-refractivity contribution in [2.24, 2.45) is 4.99 Å². The number of thiazole rings is 1. The third-order valence-electron chi connectivity index (χ3n) is 6.84. The first kappa shape index (κ1) is 25.9. The average Bonchev–Trinajstić information content (AvgIpc) is 3.54. The normalized spacial score (nSPS) is 12.1. The second-order valence-electron chi connectivity index (χ2n) is 9.71. The predicted octanol–water partition coefficient (Wildman–Crippen LogP) is 7.57. The van der Waals surface area contributed by atoms with Crippen molar-refractivity contribution in [1.29, 1.82) is 0 Å². The van der Waals surface area contributed by atoms with E-state index in [1.165, 1.54) is 51.4 Å². The van der Waals surface area contributed by atoms with E-state index in [0.29, 0.717) is 17.0 Å². The zero-order chi connectivity index (χ0) is 27.8. The van der Waals surface area contributed by atoms with Crippen LogP contribution in [-0.2, 0) is 6.42 Å². The molecule has 6 rings (SSSR count). The molecular formula is C31H24N4O3S2. The molecule has 0 N–H and O–H groups in total. The molecular weight excluding hydrogens is 541 g/mol. The minimum Gasteiger partial charge on any atom is -0.372 e. The predicted molar refractivity (Wildman–Crippen MR) is 164 cm³/mol. The van der Waals surface area contributed by atoms with E-state index >= 15 is 0 Å². The number of anilines is 1. The summed E-state index contributed by atoms with van der Waals surface area (Å²) in [7, 11) is 3.55. The molecule has 1 aliphatic carbocycles. The van der Waals surface area contributed by atoms with Crippen LogP contribution in [0, 0.1) is 10.1 Å². The Kier molecular flexibility index (Phi) is 6.91. The van der Waals surface area contributed by atoms with Crippen LogP contribution >= 0.6 is 23.1 Å². The van der Waals surface area contributed by atoms with E-state index in [-0.39, 0.29) is 16.4 Å². The van der Waals surface area contributed by atoms with Crippen molar-refractivity contribution in [2.75, 3.05) is 24.7 Å². The van der Waals surface area contributed by atoms with Crippen LogP contribution in [0.25, 0.3) is 21.3 Å². The highest BCUT2D eigenvalue weighted by atomic mass is 32.2. The first-order chi connectivity index (χ1) is 19.4.